The zero-order chi connectivity index (χ0) is 6.69. The van der Waals surface area contributed by atoms with Crippen molar-refractivity contribution in [2.24, 2.45) is 5.84 Å². The molecule has 0 saturated heterocycles. The molecule has 0 heterocycles. The van der Waals surface area contributed by atoms with Crippen LogP contribution in [-0.4, -0.2) is 0 Å². The van der Waals surface area contributed by atoms with Crippen molar-refractivity contribution in [3.05, 3.63) is 29.8 Å². The Morgan fingerprint density at radius 1 is 1.60 bits per heavy atom. The summed E-state index contributed by atoms with van der Waals surface area (Å²) in [7, 11) is 0. The summed E-state index contributed by atoms with van der Waals surface area (Å²) < 4.78 is 0. The van der Waals surface area contributed by atoms with Gasteiger partial charge in [0, 0.05) is 32.7 Å². The fraction of sp³-hybridized carbons (Fsp3) is 0.143. The van der Waals surface area contributed by atoms with E-state index in [-0.39, 0.29) is 32.7 Å². The molecule has 0 unspecified atom stereocenters. The number of rotatable bonds is 1. The number of nitrogens with one attached hydrogen (secondary N) is 1. The predicted octanol–water partition coefficient (Wildman–Crippen LogP) is 1.08. The Morgan fingerprint density at radius 2 is 2.30 bits per heavy atom. The number of aryl methyl sites for hydroxylation is 1. The monoisotopic (exact) mass is 210 g/mol. The molecular weight excluding hydrogens is 201 g/mol. The molecule has 10 heavy (non-hydrogen) atoms. The molecule has 0 aliphatic heterocycles. The van der Waals surface area contributed by atoms with Crippen LogP contribution in [-0.2, 0) is 32.7 Å². The SMILES string of the molecule is Cc1cc[c-]cc1NN.[Y]. The third-order valence-electron chi connectivity index (χ3n) is 1.24. The fourth-order valence-electron chi connectivity index (χ4n) is 0.664. The Hall–Kier alpha value is 0.0839. The van der Waals surface area contributed by atoms with Gasteiger partial charge in [0.2, 0.25) is 0 Å². The van der Waals surface area contributed by atoms with E-state index < -0.39 is 0 Å². The van der Waals surface area contributed by atoms with Crippen molar-refractivity contribution in [3.8, 4) is 0 Å². The Kier molecular flexibility index (Phi) is 4.87. The second kappa shape index (κ2) is 4.83. The molecule has 2 nitrogen and oxygen atoms in total. The molecule has 3 N–H and O–H groups in total. The number of nitrogens with two attached hydrogens (primary N) is 1. The van der Waals surface area contributed by atoms with Crippen LogP contribution in [0.1, 0.15) is 5.56 Å². The molecule has 0 aliphatic rings. The van der Waals surface area contributed by atoms with Crippen molar-refractivity contribution in [2.75, 3.05) is 5.43 Å². The van der Waals surface area contributed by atoms with Crippen LogP contribution < -0.4 is 11.3 Å². The standard InChI is InChI=1S/C7H9N2.Y/c1-6-4-2-3-5-7(6)9-8;/h2,4-5,9H,8H2,1H3;/q-1;. The molecule has 0 bridgehead atoms. The van der Waals surface area contributed by atoms with Gasteiger partial charge in [-0.3, -0.25) is 5.84 Å². The van der Waals surface area contributed by atoms with Crippen molar-refractivity contribution in [2.45, 2.75) is 6.92 Å². The minimum Gasteiger partial charge on any atom is -0.377 e. The molecule has 1 radical (unpaired) electrons. The number of hydrogen-bond acceptors (Lipinski definition) is 2. The van der Waals surface area contributed by atoms with Gasteiger partial charge in [-0.05, 0) is 0 Å². The summed E-state index contributed by atoms with van der Waals surface area (Å²) in [5, 5.41) is 0. The van der Waals surface area contributed by atoms with Crippen molar-refractivity contribution in [3.63, 3.8) is 0 Å². The molecule has 1 aromatic carbocycles. The molecule has 0 amide bonds. The topological polar surface area (TPSA) is 38.0 Å². The average molecular weight is 210 g/mol. The van der Waals surface area contributed by atoms with E-state index in [0.29, 0.717) is 0 Å². The molecule has 1 aromatic rings. The zero-order valence-electron chi connectivity index (χ0n) is 5.89. The van der Waals surface area contributed by atoms with Gasteiger partial charge in [-0.1, -0.05) is 12.6 Å². The zero-order valence-corrected chi connectivity index (χ0v) is 8.73. The number of anilines is 1. The maximum Gasteiger partial charge on any atom is 0 e. The molecular formula is C7H9N2Y-. The minimum atomic E-state index is 0. The van der Waals surface area contributed by atoms with Crippen molar-refractivity contribution in [1.29, 1.82) is 0 Å². The second-order valence-electron chi connectivity index (χ2n) is 1.89. The van der Waals surface area contributed by atoms with E-state index in [1.54, 1.807) is 0 Å². The van der Waals surface area contributed by atoms with Gasteiger partial charge in [0.25, 0.3) is 0 Å². The summed E-state index contributed by atoms with van der Waals surface area (Å²) in [6.07, 6.45) is 0. The van der Waals surface area contributed by atoms with Gasteiger partial charge in [-0.2, -0.15) is 24.3 Å². The van der Waals surface area contributed by atoms with Crippen LogP contribution in [0.15, 0.2) is 18.2 Å². The van der Waals surface area contributed by atoms with Crippen LogP contribution in [0.3, 0.4) is 0 Å². The van der Waals surface area contributed by atoms with Crippen LogP contribution in [0.2, 0.25) is 0 Å². The van der Waals surface area contributed by atoms with E-state index in [2.05, 4.69) is 11.5 Å². The summed E-state index contributed by atoms with van der Waals surface area (Å²) in [6, 6.07) is 8.54. The molecule has 3 heteroatoms. The summed E-state index contributed by atoms with van der Waals surface area (Å²) in [4.78, 5) is 0. The number of nitrogen functional groups attached to an aromatic ring is 1. The quantitative estimate of drug-likeness (QED) is 0.413. The van der Waals surface area contributed by atoms with Crippen LogP contribution in [0, 0.1) is 13.0 Å². The van der Waals surface area contributed by atoms with Gasteiger partial charge in [0.1, 0.15) is 0 Å². The van der Waals surface area contributed by atoms with E-state index in [0.717, 1.165) is 11.3 Å². The van der Waals surface area contributed by atoms with E-state index >= 15 is 0 Å². The van der Waals surface area contributed by atoms with E-state index in [1.165, 1.54) is 0 Å². The average Bonchev–Trinajstić information content (AvgIpc) is 1.89. The minimum absolute atomic E-state index is 0. The third-order valence-corrected chi connectivity index (χ3v) is 1.24. The van der Waals surface area contributed by atoms with Crippen LogP contribution in [0.4, 0.5) is 5.69 Å². The Balaban J connectivity index is 0.000000810. The maximum absolute atomic E-state index is 5.18. The molecule has 0 aliphatic carbocycles. The Morgan fingerprint density at radius 3 is 2.70 bits per heavy atom. The largest absolute Gasteiger partial charge is 0.377 e. The summed E-state index contributed by atoms with van der Waals surface area (Å²) in [5.74, 6) is 5.18. The van der Waals surface area contributed by atoms with Crippen LogP contribution in [0.5, 0.6) is 0 Å². The van der Waals surface area contributed by atoms with Crippen LogP contribution >= 0.6 is 0 Å². The summed E-state index contributed by atoms with van der Waals surface area (Å²) >= 11 is 0. The van der Waals surface area contributed by atoms with Gasteiger partial charge in [0.05, 0.1) is 0 Å². The van der Waals surface area contributed by atoms with Gasteiger partial charge >= 0.3 is 0 Å². The molecule has 51 valence electrons. The van der Waals surface area contributed by atoms with E-state index in [1.807, 2.05) is 25.1 Å². The first kappa shape index (κ1) is 10.1. The van der Waals surface area contributed by atoms with E-state index in [9.17, 15) is 0 Å². The maximum atomic E-state index is 5.18. The van der Waals surface area contributed by atoms with Gasteiger partial charge < -0.3 is 5.43 Å². The molecule has 1 rings (SSSR count). The first-order chi connectivity index (χ1) is 4.34. The Labute approximate surface area is 86.0 Å². The summed E-state index contributed by atoms with van der Waals surface area (Å²) in [6.45, 7) is 1.99. The first-order valence-electron chi connectivity index (χ1n) is 2.78. The Bertz CT molecular complexity index is 201. The molecule has 0 saturated carbocycles. The summed E-state index contributed by atoms with van der Waals surface area (Å²) in [5.41, 5.74) is 4.63. The van der Waals surface area contributed by atoms with Crippen LogP contribution in [0.25, 0.3) is 0 Å². The normalized spacial score (nSPS) is 8.20. The molecule has 0 spiro atoms. The van der Waals surface area contributed by atoms with Gasteiger partial charge in [0.15, 0.2) is 0 Å². The molecule has 0 aromatic heterocycles. The number of benzene rings is 1. The smallest absolute Gasteiger partial charge is 0 e. The molecule has 0 atom stereocenters. The molecule has 0 fully saturated rings. The fourth-order valence-corrected chi connectivity index (χ4v) is 0.664. The van der Waals surface area contributed by atoms with Gasteiger partial charge in [-0.25, -0.2) is 0 Å². The predicted molar refractivity (Wildman–Crippen MR) is 37.8 cm³/mol. The van der Waals surface area contributed by atoms with Crippen molar-refractivity contribution in [1.82, 2.24) is 0 Å². The van der Waals surface area contributed by atoms with Gasteiger partial charge in [-0.15, -0.1) is 5.56 Å². The second-order valence-corrected chi connectivity index (χ2v) is 1.89. The van der Waals surface area contributed by atoms with Crippen molar-refractivity contribution >= 4 is 5.69 Å². The van der Waals surface area contributed by atoms with E-state index in [4.69, 9.17) is 5.84 Å². The first-order valence-corrected chi connectivity index (χ1v) is 2.78. The number of hydrogen-bond donors (Lipinski definition) is 2. The third kappa shape index (κ3) is 2.37. The van der Waals surface area contributed by atoms with Crippen molar-refractivity contribution < 1.29 is 32.7 Å². The number of hydrazine groups is 1.